The summed E-state index contributed by atoms with van der Waals surface area (Å²) in [4.78, 5) is 12.7. The number of halogens is 2. The van der Waals surface area contributed by atoms with E-state index >= 15 is 0 Å². The molecule has 21 heavy (non-hydrogen) atoms. The second-order valence-electron chi connectivity index (χ2n) is 4.47. The second kappa shape index (κ2) is 6.68. The van der Waals surface area contributed by atoms with Crippen LogP contribution < -0.4 is 11.1 Å². The molecule has 0 bridgehead atoms. The highest BCUT2D eigenvalue weighted by Gasteiger charge is 2.12. The molecule has 2 aromatic rings. The third-order valence-corrected chi connectivity index (χ3v) is 4.33. The third-order valence-electron chi connectivity index (χ3n) is 2.95. The summed E-state index contributed by atoms with van der Waals surface area (Å²) in [5, 5.41) is 2.87. The number of rotatable bonds is 3. The Hall–Kier alpha value is -1.24. The van der Waals surface area contributed by atoms with Crippen molar-refractivity contribution in [3.05, 3.63) is 62.0 Å². The van der Waals surface area contributed by atoms with Gasteiger partial charge in [0.2, 0.25) is 0 Å². The molecular formula is C15H12Br2N2OS. The van der Waals surface area contributed by atoms with Crippen molar-refractivity contribution in [1.29, 1.82) is 0 Å². The summed E-state index contributed by atoms with van der Waals surface area (Å²) in [6.45, 7) is 1.90. The number of benzene rings is 2. The van der Waals surface area contributed by atoms with Crippen LogP contribution in [0, 0.1) is 6.92 Å². The topological polar surface area (TPSA) is 55.1 Å². The van der Waals surface area contributed by atoms with E-state index in [0.29, 0.717) is 16.2 Å². The van der Waals surface area contributed by atoms with E-state index in [2.05, 4.69) is 37.2 Å². The molecule has 108 valence electrons. The summed E-state index contributed by atoms with van der Waals surface area (Å²) in [5.74, 6) is -0.169. The van der Waals surface area contributed by atoms with Crippen LogP contribution >= 0.6 is 44.1 Å². The first-order valence-corrected chi connectivity index (χ1v) is 8.05. The van der Waals surface area contributed by atoms with Gasteiger partial charge in [0.05, 0.1) is 5.69 Å². The zero-order chi connectivity index (χ0) is 15.6. The smallest absolute Gasteiger partial charge is 0.255 e. The lowest BCUT2D eigenvalue weighted by Crippen LogP contribution is -2.14. The number of carbonyl (C=O) groups excluding carboxylic acids is 1. The molecule has 0 unspecified atom stereocenters. The number of carbonyl (C=O) groups is 1. The van der Waals surface area contributed by atoms with Crippen LogP contribution in [0.4, 0.5) is 5.69 Å². The maximum Gasteiger partial charge on any atom is 0.255 e. The van der Waals surface area contributed by atoms with E-state index in [1.54, 1.807) is 24.3 Å². The van der Waals surface area contributed by atoms with Gasteiger partial charge in [-0.15, -0.1) is 0 Å². The van der Waals surface area contributed by atoms with E-state index in [1.807, 2.05) is 19.1 Å². The van der Waals surface area contributed by atoms with Gasteiger partial charge < -0.3 is 11.1 Å². The van der Waals surface area contributed by atoms with Crippen LogP contribution in [0.15, 0.2) is 45.3 Å². The van der Waals surface area contributed by atoms with Gasteiger partial charge in [-0.1, -0.05) is 34.2 Å². The van der Waals surface area contributed by atoms with Crippen LogP contribution in [-0.2, 0) is 0 Å². The quantitative estimate of drug-likeness (QED) is 0.713. The molecule has 2 aromatic carbocycles. The van der Waals surface area contributed by atoms with Crippen molar-refractivity contribution in [2.45, 2.75) is 6.92 Å². The van der Waals surface area contributed by atoms with Crippen LogP contribution in [0.2, 0.25) is 0 Å². The molecular weight excluding hydrogens is 416 g/mol. The lowest BCUT2D eigenvalue weighted by atomic mass is 10.1. The Morgan fingerprint density at radius 2 is 1.90 bits per heavy atom. The number of nitrogens with two attached hydrogens (primary N) is 1. The van der Waals surface area contributed by atoms with Crippen molar-refractivity contribution in [1.82, 2.24) is 0 Å². The van der Waals surface area contributed by atoms with Gasteiger partial charge in [-0.3, -0.25) is 4.79 Å². The maximum atomic E-state index is 12.4. The molecule has 1 amide bonds. The van der Waals surface area contributed by atoms with E-state index in [0.717, 1.165) is 20.1 Å². The van der Waals surface area contributed by atoms with E-state index in [1.165, 1.54) is 0 Å². The molecule has 0 aliphatic heterocycles. The molecule has 0 heterocycles. The van der Waals surface area contributed by atoms with E-state index < -0.39 is 0 Å². The van der Waals surface area contributed by atoms with E-state index in [4.69, 9.17) is 18.0 Å². The molecule has 0 saturated carbocycles. The summed E-state index contributed by atoms with van der Waals surface area (Å²) < 4.78 is 1.59. The monoisotopic (exact) mass is 426 g/mol. The van der Waals surface area contributed by atoms with Crippen molar-refractivity contribution in [2.24, 2.45) is 5.73 Å². The fraction of sp³-hybridized carbons (Fsp3) is 0.0667. The molecule has 0 spiro atoms. The molecule has 3 nitrogen and oxygen atoms in total. The minimum atomic E-state index is -0.169. The summed E-state index contributed by atoms with van der Waals surface area (Å²) in [7, 11) is 0. The maximum absolute atomic E-state index is 12.4. The van der Waals surface area contributed by atoms with Crippen LogP contribution in [-0.4, -0.2) is 10.9 Å². The minimum Gasteiger partial charge on any atom is -0.389 e. The molecule has 0 fully saturated rings. The molecule has 0 aliphatic carbocycles. The summed E-state index contributed by atoms with van der Waals surface area (Å²) in [6.07, 6.45) is 0. The van der Waals surface area contributed by atoms with Crippen molar-refractivity contribution in [3.8, 4) is 0 Å². The molecule has 0 aliphatic rings. The number of nitrogens with one attached hydrogen (secondary N) is 1. The van der Waals surface area contributed by atoms with Gasteiger partial charge in [0.15, 0.2) is 0 Å². The van der Waals surface area contributed by atoms with Gasteiger partial charge in [-0.2, -0.15) is 0 Å². The predicted molar refractivity (Wildman–Crippen MR) is 96.9 cm³/mol. The summed E-state index contributed by atoms with van der Waals surface area (Å²) >= 11 is 11.7. The lowest BCUT2D eigenvalue weighted by molar-refractivity contribution is 0.102. The molecule has 0 saturated heterocycles. The standard InChI is InChI=1S/C15H12Br2N2OS/c1-8-2-4-10(16)7-11(8)15(20)19-13-5-3-9(14(18)21)6-12(13)17/h2-7H,1H3,(H2,18,21)(H,19,20). The molecule has 0 radical (unpaired) electrons. The second-order valence-corrected chi connectivity index (χ2v) is 6.68. The Morgan fingerprint density at radius 1 is 1.19 bits per heavy atom. The molecule has 3 N–H and O–H groups in total. The van der Waals surface area contributed by atoms with Gasteiger partial charge in [-0.05, 0) is 58.7 Å². The Morgan fingerprint density at radius 3 is 2.52 bits per heavy atom. The summed E-state index contributed by atoms with van der Waals surface area (Å²) in [6, 6.07) is 10.9. The normalized spacial score (nSPS) is 10.2. The SMILES string of the molecule is Cc1ccc(Br)cc1C(=O)Nc1ccc(C(N)=S)cc1Br. The van der Waals surface area contributed by atoms with Gasteiger partial charge in [-0.25, -0.2) is 0 Å². The number of hydrogen-bond donors (Lipinski definition) is 2. The van der Waals surface area contributed by atoms with Gasteiger partial charge in [0.1, 0.15) is 4.99 Å². The van der Waals surface area contributed by atoms with Crippen molar-refractivity contribution < 1.29 is 4.79 Å². The molecule has 0 aromatic heterocycles. The average molecular weight is 428 g/mol. The van der Waals surface area contributed by atoms with Crippen LogP contribution in [0.25, 0.3) is 0 Å². The van der Waals surface area contributed by atoms with Crippen molar-refractivity contribution in [3.63, 3.8) is 0 Å². The Balaban J connectivity index is 2.27. The Labute approximate surface area is 145 Å². The first kappa shape index (κ1) is 16.1. The van der Waals surface area contributed by atoms with Crippen molar-refractivity contribution in [2.75, 3.05) is 5.32 Å². The Kier molecular flexibility index (Phi) is 5.13. The highest BCUT2D eigenvalue weighted by atomic mass is 79.9. The van der Waals surface area contributed by atoms with Gasteiger partial charge >= 0.3 is 0 Å². The number of amides is 1. The van der Waals surface area contributed by atoms with Crippen LogP contribution in [0.5, 0.6) is 0 Å². The number of hydrogen-bond acceptors (Lipinski definition) is 2. The highest BCUT2D eigenvalue weighted by Crippen LogP contribution is 2.25. The van der Waals surface area contributed by atoms with E-state index in [-0.39, 0.29) is 5.91 Å². The van der Waals surface area contributed by atoms with Crippen LogP contribution in [0.1, 0.15) is 21.5 Å². The predicted octanol–water partition coefficient (Wildman–Crippen LogP) is 4.41. The third kappa shape index (κ3) is 3.90. The number of anilines is 1. The number of aryl methyl sites for hydroxylation is 1. The summed E-state index contributed by atoms with van der Waals surface area (Å²) in [5.41, 5.74) is 8.52. The molecule has 2 rings (SSSR count). The molecule has 6 heteroatoms. The van der Waals surface area contributed by atoms with E-state index in [9.17, 15) is 4.79 Å². The fourth-order valence-corrected chi connectivity index (χ4v) is 2.76. The minimum absolute atomic E-state index is 0.169. The zero-order valence-electron chi connectivity index (χ0n) is 11.1. The molecule has 0 atom stereocenters. The number of thiocarbonyl (C=S) groups is 1. The lowest BCUT2D eigenvalue weighted by Gasteiger charge is -2.11. The average Bonchev–Trinajstić information content (AvgIpc) is 2.43. The highest BCUT2D eigenvalue weighted by molar-refractivity contribution is 9.10. The largest absolute Gasteiger partial charge is 0.389 e. The first-order chi connectivity index (χ1) is 9.88. The first-order valence-electron chi connectivity index (χ1n) is 6.05. The van der Waals surface area contributed by atoms with Gasteiger partial charge in [0.25, 0.3) is 5.91 Å². The Bertz CT molecular complexity index is 732. The van der Waals surface area contributed by atoms with Crippen molar-refractivity contribution >= 4 is 60.7 Å². The van der Waals surface area contributed by atoms with Gasteiger partial charge in [0, 0.05) is 20.1 Å². The fourth-order valence-electron chi connectivity index (χ4n) is 1.80. The van der Waals surface area contributed by atoms with Crippen LogP contribution in [0.3, 0.4) is 0 Å². The zero-order valence-corrected chi connectivity index (χ0v) is 15.1.